The Morgan fingerprint density at radius 1 is 1.38 bits per heavy atom. The number of sulfonamides is 1. The summed E-state index contributed by atoms with van der Waals surface area (Å²) >= 11 is 0. The topological polar surface area (TPSA) is 118 Å². The van der Waals surface area contributed by atoms with Crippen molar-refractivity contribution in [3.8, 4) is 0 Å². The molecule has 1 aliphatic rings. The normalized spacial score (nSPS) is 19.1. The van der Waals surface area contributed by atoms with Crippen molar-refractivity contribution in [2.45, 2.75) is 25.5 Å². The Balaban J connectivity index is 2.55. The van der Waals surface area contributed by atoms with Crippen molar-refractivity contribution in [2.24, 2.45) is 5.14 Å². The van der Waals surface area contributed by atoms with Gasteiger partial charge in [0.1, 0.15) is 5.25 Å². The summed E-state index contributed by atoms with van der Waals surface area (Å²) in [6, 6.07) is 3.07. The second-order valence-electron chi connectivity index (χ2n) is 5.13. The lowest BCUT2D eigenvalue weighted by molar-refractivity contribution is -0.117. The van der Waals surface area contributed by atoms with Gasteiger partial charge in [0.05, 0.1) is 11.3 Å². The van der Waals surface area contributed by atoms with E-state index in [2.05, 4.69) is 0 Å². The van der Waals surface area contributed by atoms with Crippen molar-refractivity contribution in [1.82, 2.24) is 0 Å². The maximum Gasteiger partial charge on any atom is 0.337 e. The molecule has 0 aromatic heterocycles. The lowest BCUT2D eigenvalue weighted by Crippen LogP contribution is -2.33. The van der Waals surface area contributed by atoms with E-state index in [4.69, 9.17) is 5.14 Å². The maximum absolute atomic E-state index is 12.1. The van der Waals surface area contributed by atoms with Crippen LogP contribution >= 0.6 is 0 Å². The van der Waals surface area contributed by atoms with Gasteiger partial charge in [0.25, 0.3) is 0 Å². The van der Waals surface area contributed by atoms with Gasteiger partial charge in [-0.3, -0.25) is 4.79 Å². The van der Waals surface area contributed by atoms with Gasteiger partial charge in [0.15, 0.2) is 0 Å². The second kappa shape index (κ2) is 5.12. The van der Waals surface area contributed by atoms with Crippen LogP contribution in [-0.2, 0) is 14.8 Å². The van der Waals surface area contributed by atoms with E-state index in [1.165, 1.54) is 11.0 Å². The Morgan fingerprint density at radius 3 is 2.48 bits per heavy atom. The fraction of sp³-hybridized carbons (Fsp3) is 0.385. The lowest BCUT2D eigenvalue weighted by atomic mass is 10.0. The number of hydrogen-bond donors (Lipinski definition) is 2. The summed E-state index contributed by atoms with van der Waals surface area (Å²) in [6.45, 7) is 3.37. The van der Waals surface area contributed by atoms with Crippen LogP contribution in [0.5, 0.6) is 0 Å². The van der Waals surface area contributed by atoms with Gasteiger partial charge in [0, 0.05) is 13.0 Å². The van der Waals surface area contributed by atoms with Crippen molar-refractivity contribution in [2.75, 3.05) is 11.4 Å². The maximum atomic E-state index is 12.1. The third-order valence-electron chi connectivity index (χ3n) is 3.76. The number of aromatic carboxylic acids is 1. The summed E-state index contributed by atoms with van der Waals surface area (Å²) in [5, 5.41) is 13.4. The van der Waals surface area contributed by atoms with Crippen LogP contribution in [0.1, 0.15) is 27.9 Å². The summed E-state index contributed by atoms with van der Waals surface area (Å²) in [5.74, 6) is -1.61. The van der Waals surface area contributed by atoms with Crippen LogP contribution < -0.4 is 10.0 Å². The molecule has 0 aliphatic carbocycles. The molecule has 1 heterocycles. The Kier molecular flexibility index (Phi) is 3.77. The molecular formula is C13H16N2O5S. The Labute approximate surface area is 122 Å². The van der Waals surface area contributed by atoms with Gasteiger partial charge < -0.3 is 10.0 Å². The number of anilines is 1. The number of aryl methyl sites for hydroxylation is 1. The van der Waals surface area contributed by atoms with E-state index in [1.807, 2.05) is 0 Å². The largest absolute Gasteiger partial charge is 0.478 e. The van der Waals surface area contributed by atoms with Crippen molar-refractivity contribution in [1.29, 1.82) is 0 Å². The number of carboxylic acid groups (broad SMARTS) is 1. The Hall–Kier alpha value is -1.93. The molecule has 0 bridgehead atoms. The number of amides is 1. The summed E-state index contributed by atoms with van der Waals surface area (Å²) in [7, 11) is -3.84. The Morgan fingerprint density at radius 2 is 2.00 bits per heavy atom. The Bertz CT molecular complexity index is 726. The van der Waals surface area contributed by atoms with Crippen molar-refractivity contribution in [3.05, 3.63) is 28.8 Å². The van der Waals surface area contributed by atoms with Crippen LogP contribution in [0.15, 0.2) is 12.1 Å². The lowest BCUT2D eigenvalue weighted by Gasteiger charge is -2.22. The van der Waals surface area contributed by atoms with Gasteiger partial charge in [-0.2, -0.15) is 0 Å². The van der Waals surface area contributed by atoms with E-state index in [9.17, 15) is 23.1 Å². The molecule has 0 saturated carbocycles. The summed E-state index contributed by atoms with van der Waals surface area (Å²) < 4.78 is 22.8. The SMILES string of the molecule is Cc1ccc(C(=O)O)c(N2CC(S(N)(=O)=O)CC2=O)c1C. The molecule has 1 aromatic rings. The highest BCUT2D eigenvalue weighted by molar-refractivity contribution is 7.89. The second-order valence-corrected chi connectivity index (χ2v) is 6.97. The van der Waals surface area contributed by atoms with Gasteiger partial charge >= 0.3 is 5.97 Å². The van der Waals surface area contributed by atoms with Gasteiger partial charge in [0.2, 0.25) is 15.9 Å². The van der Waals surface area contributed by atoms with E-state index in [-0.39, 0.29) is 24.2 Å². The number of rotatable bonds is 3. The molecule has 7 nitrogen and oxygen atoms in total. The third-order valence-corrected chi connectivity index (χ3v) is 5.00. The zero-order valence-electron chi connectivity index (χ0n) is 11.7. The summed E-state index contributed by atoms with van der Waals surface area (Å²) in [4.78, 5) is 24.6. The minimum Gasteiger partial charge on any atom is -0.478 e. The highest BCUT2D eigenvalue weighted by atomic mass is 32.2. The molecule has 114 valence electrons. The minimum absolute atomic E-state index is 0.0264. The van der Waals surface area contributed by atoms with Crippen LogP contribution in [0.25, 0.3) is 0 Å². The van der Waals surface area contributed by atoms with Crippen LogP contribution in [0.4, 0.5) is 5.69 Å². The molecule has 0 radical (unpaired) electrons. The van der Waals surface area contributed by atoms with Crippen molar-refractivity contribution >= 4 is 27.6 Å². The average Bonchev–Trinajstić information content (AvgIpc) is 2.74. The first-order valence-corrected chi connectivity index (χ1v) is 7.89. The number of nitrogens with two attached hydrogens (primary N) is 1. The molecule has 2 rings (SSSR count). The molecule has 8 heteroatoms. The highest BCUT2D eigenvalue weighted by Crippen LogP contribution is 2.32. The zero-order chi connectivity index (χ0) is 15.9. The predicted molar refractivity (Wildman–Crippen MR) is 76.7 cm³/mol. The number of benzene rings is 1. The first-order chi connectivity index (χ1) is 9.62. The summed E-state index contributed by atoms with van der Waals surface area (Å²) in [6.07, 6.45) is -0.231. The smallest absolute Gasteiger partial charge is 0.337 e. The summed E-state index contributed by atoms with van der Waals surface area (Å²) in [5.41, 5.74) is 1.68. The number of carbonyl (C=O) groups excluding carboxylic acids is 1. The standard InChI is InChI=1S/C13H16N2O5S/c1-7-3-4-10(13(17)18)12(8(7)2)15-6-9(5-11(15)16)21(14,19)20/h3-4,9H,5-6H2,1-2H3,(H,17,18)(H2,14,19,20). The first-order valence-electron chi connectivity index (χ1n) is 6.28. The molecule has 1 unspecified atom stereocenters. The van der Waals surface area contributed by atoms with Gasteiger partial charge in [-0.25, -0.2) is 18.4 Å². The van der Waals surface area contributed by atoms with Gasteiger partial charge in [-0.1, -0.05) is 6.07 Å². The number of carboxylic acids is 1. The van der Waals surface area contributed by atoms with Crippen LogP contribution in [0.2, 0.25) is 0 Å². The number of hydrogen-bond acceptors (Lipinski definition) is 4. The molecule has 0 spiro atoms. The van der Waals surface area contributed by atoms with E-state index in [0.717, 1.165) is 5.56 Å². The molecule has 1 atom stereocenters. The van der Waals surface area contributed by atoms with Crippen molar-refractivity contribution in [3.63, 3.8) is 0 Å². The molecule has 1 amide bonds. The van der Waals surface area contributed by atoms with E-state index in [0.29, 0.717) is 5.56 Å². The monoisotopic (exact) mass is 312 g/mol. The number of primary sulfonamides is 1. The van der Waals surface area contributed by atoms with Crippen molar-refractivity contribution < 1.29 is 23.1 Å². The molecular weight excluding hydrogens is 296 g/mol. The molecule has 1 aliphatic heterocycles. The molecule has 1 aromatic carbocycles. The molecule has 3 N–H and O–H groups in total. The first kappa shape index (κ1) is 15.5. The van der Waals surface area contributed by atoms with E-state index in [1.54, 1.807) is 19.9 Å². The number of carbonyl (C=O) groups is 2. The quantitative estimate of drug-likeness (QED) is 0.837. The van der Waals surface area contributed by atoms with Gasteiger partial charge in [-0.05, 0) is 31.0 Å². The van der Waals surface area contributed by atoms with Crippen LogP contribution in [0, 0.1) is 13.8 Å². The minimum atomic E-state index is -3.84. The van der Waals surface area contributed by atoms with E-state index >= 15 is 0 Å². The van der Waals surface area contributed by atoms with Crippen LogP contribution in [0.3, 0.4) is 0 Å². The van der Waals surface area contributed by atoms with E-state index < -0.39 is 27.1 Å². The van der Waals surface area contributed by atoms with Crippen LogP contribution in [-0.4, -0.2) is 37.2 Å². The zero-order valence-corrected chi connectivity index (χ0v) is 12.5. The fourth-order valence-corrected chi connectivity index (χ4v) is 3.16. The number of nitrogens with zero attached hydrogens (tertiary/aromatic N) is 1. The molecule has 1 fully saturated rings. The average molecular weight is 312 g/mol. The fourth-order valence-electron chi connectivity index (χ4n) is 2.43. The molecule has 1 saturated heterocycles. The third kappa shape index (κ3) is 2.77. The molecule has 21 heavy (non-hydrogen) atoms. The van der Waals surface area contributed by atoms with Gasteiger partial charge in [-0.15, -0.1) is 0 Å². The predicted octanol–water partition coefficient (Wildman–Crippen LogP) is 0.395. The highest BCUT2D eigenvalue weighted by Gasteiger charge is 2.39.